The summed E-state index contributed by atoms with van der Waals surface area (Å²) in [4.78, 5) is 0. The molecule has 2 rings (SSSR count). The third kappa shape index (κ3) is 2.29. The van der Waals surface area contributed by atoms with Gasteiger partial charge in [-0.1, -0.05) is 0 Å². The van der Waals surface area contributed by atoms with Crippen molar-refractivity contribution in [2.75, 3.05) is 5.73 Å². The highest BCUT2D eigenvalue weighted by atomic mass is 15.3. The van der Waals surface area contributed by atoms with Gasteiger partial charge in [0, 0.05) is 25.9 Å². The van der Waals surface area contributed by atoms with Crippen LogP contribution < -0.4 is 17.0 Å². The van der Waals surface area contributed by atoms with E-state index in [0.29, 0.717) is 5.82 Å². The lowest BCUT2D eigenvalue weighted by Crippen LogP contribution is -2.30. The number of hydrogen-bond acceptors (Lipinski definition) is 5. The Morgan fingerprint density at radius 1 is 1.35 bits per heavy atom. The summed E-state index contributed by atoms with van der Waals surface area (Å²) in [6, 6.07) is -0.0621. The Kier molecular flexibility index (Phi) is 3.12. The fourth-order valence-corrected chi connectivity index (χ4v) is 1.80. The highest BCUT2D eigenvalue weighted by Crippen LogP contribution is 2.22. The van der Waals surface area contributed by atoms with Gasteiger partial charge in [-0.15, -0.1) is 0 Å². The van der Waals surface area contributed by atoms with E-state index in [1.54, 1.807) is 22.6 Å². The molecule has 7 heteroatoms. The summed E-state index contributed by atoms with van der Waals surface area (Å²) in [5, 5.41) is 8.23. The zero-order valence-electron chi connectivity index (χ0n) is 9.96. The molecule has 0 bridgehead atoms. The quantitative estimate of drug-likeness (QED) is 0.489. The van der Waals surface area contributed by atoms with Crippen molar-refractivity contribution in [3.05, 3.63) is 29.7 Å². The lowest BCUT2D eigenvalue weighted by molar-refractivity contribution is 0.553. The molecule has 0 aliphatic heterocycles. The van der Waals surface area contributed by atoms with E-state index in [0.717, 1.165) is 17.5 Å². The maximum Gasteiger partial charge on any atom is 0.126 e. The van der Waals surface area contributed by atoms with Gasteiger partial charge in [0.1, 0.15) is 5.82 Å². The second kappa shape index (κ2) is 4.56. The highest BCUT2D eigenvalue weighted by Gasteiger charge is 2.17. The highest BCUT2D eigenvalue weighted by molar-refractivity contribution is 5.41. The smallest absolute Gasteiger partial charge is 0.126 e. The summed E-state index contributed by atoms with van der Waals surface area (Å²) in [5.74, 6) is 6.19. The summed E-state index contributed by atoms with van der Waals surface area (Å²) in [6.07, 6.45) is 6.23. The van der Waals surface area contributed by atoms with Crippen LogP contribution in [-0.2, 0) is 20.5 Å². The molecular weight excluding hydrogens is 218 g/mol. The Labute approximate surface area is 99.4 Å². The predicted molar refractivity (Wildman–Crippen MR) is 64.6 cm³/mol. The minimum atomic E-state index is -0.0621. The van der Waals surface area contributed by atoms with Gasteiger partial charge in [-0.3, -0.25) is 20.6 Å². The molecule has 0 aliphatic carbocycles. The molecule has 2 aromatic heterocycles. The van der Waals surface area contributed by atoms with Crippen molar-refractivity contribution in [1.29, 1.82) is 0 Å². The molecule has 0 aromatic carbocycles. The molecule has 1 atom stereocenters. The third-order valence-corrected chi connectivity index (χ3v) is 2.79. The Morgan fingerprint density at radius 2 is 2.12 bits per heavy atom. The molecular formula is C10H17N7. The number of nitrogen functional groups attached to an aromatic ring is 1. The van der Waals surface area contributed by atoms with Gasteiger partial charge in [-0.25, -0.2) is 0 Å². The molecule has 17 heavy (non-hydrogen) atoms. The normalized spacial score (nSPS) is 12.9. The van der Waals surface area contributed by atoms with Crippen molar-refractivity contribution in [3.63, 3.8) is 0 Å². The first-order chi connectivity index (χ1) is 8.11. The van der Waals surface area contributed by atoms with Crippen LogP contribution >= 0.6 is 0 Å². The van der Waals surface area contributed by atoms with Gasteiger partial charge < -0.3 is 5.73 Å². The van der Waals surface area contributed by atoms with Crippen molar-refractivity contribution in [1.82, 2.24) is 25.0 Å². The maximum absolute atomic E-state index is 5.92. The van der Waals surface area contributed by atoms with E-state index in [2.05, 4.69) is 15.6 Å². The molecule has 92 valence electrons. The summed E-state index contributed by atoms with van der Waals surface area (Å²) in [6.45, 7) is 0. The molecule has 0 saturated carbocycles. The van der Waals surface area contributed by atoms with Crippen LogP contribution in [0, 0.1) is 0 Å². The molecule has 1 unspecified atom stereocenters. The van der Waals surface area contributed by atoms with E-state index < -0.39 is 0 Å². The van der Waals surface area contributed by atoms with Gasteiger partial charge in [-0.05, 0) is 12.0 Å². The molecule has 0 spiro atoms. The predicted octanol–water partition coefficient (Wildman–Crippen LogP) is -0.517. The van der Waals surface area contributed by atoms with Crippen LogP contribution in [-0.4, -0.2) is 19.6 Å². The molecule has 0 fully saturated rings. The zero-order chi connectivity index (χ0) is 12.4. The molecule has 0 aliphatic rings. The first-order valence-corrected chi connectivity index (χ1v) is 5.33. The van der Waals surface area contributed by atoms with E-state index >= 15 is 0 Å². The van der Waals surface area contributed by atoms with Gasteiger partial charge in [0.25, 0.3) is 0 Å². The van der Waals surface area contributed by atoms with Crippen LogP contribution in [0.5, 0.6) is 0 Å². The fraction of sp³-hybridized carbons (Fsp3) is 0.400. The molecule has 0 amide bonds. The summed E-state index contributed by atoms with van der Waals surface area (Å²) < 4.78 is 3.39. The summed E-state index contributed by atoms with van der Waals surface area (Å²) in [5.41, 5.74) is 10.7. The van der Waals surface area contributed by atoms with E-state index in [4.69, 9.17) is 11.6 Å². The molecule has 2 heterocycles. The minimum absolute atomic E-state index is 0.0621. The number of hydrazine groups is 1. The molecule has 2 aromatic rings. The summed E-state index contributed by atoms with van der Waals surface area (Å²) >= 11 is 0. The third-order valence-electron chi connectivity index (χ3n) is 2.79. The van der Waals surface area contributed by atoms with E-state index in [9.17, 15) is 0 Å². The Bertz CT molecular complexity index is 498. The van der Waals surface area contributed by atoms with Crippen molar-refractivity contribution < 1.29 is 0 Å². The lowest BCUT2D eigenvalue weighted by Gasteiger charge is -2.14. The SMILES string of the molecule is Cn1cc(CC(NN)c2cnn(C)c2N)cn1. The van der Waals surface area contributed by atoms with Crippen LogP contribution in [0.2, 0.25) is 0 Å². The first-order valence-electron chi connectivity index (χ1n) is 5.33. The second-order valence-corrected chi connectivity index (χ2v) is 4.05. The van der Waals surface area contributed by atoms with Crippen LogP contribution in [0.1, 0.15) is 17.2 Å². The number of nitrogens with two attached hydrogens (primary N) is 2. The van der Waals surface area contributed by atoms with Crippen molar-refractivity contribution in [2.24, 2.45) is 19.9 Å². The van der Waals surface area contributed by atoms with E-state index in [-0.39, 0.29) is 6.04 Å². The number of nitrogens with one attached hydrogen (secondary N) is 1. The van der Waals surface area contributed by atoms with Crippen LogP contribution in [0.15, 0.2) is 18.6 Å². The van der Waals surface area contributed by atoms with Crippen LogP contribution in [0.25, 0.3) is 0 Å². The maximum atomic E-state index is 5.92. The Hall–Kier alpha value is -1.86. The number of nitrogens with zero attached hydrogens (tertiary/aromatic N) is 4. The fourth-order valence-electron chi connectivity index (χ4n) is 1.80. The minimum Gasteiger partial charge on any atom is -0.384 e. The molecule has 7 nitrogen and oxygen atoms in total. The Morgan fingerprint density at radius 3 is 2.59 bits per heavy atom. The molecule has 0 radical (unpaired) electrons. The van der Waals surface area contributed by atoms with E-state index in [1.807, 2.05) is 19.4 Å². The van der Waals surface area contributed by atoms with Crippen LogP contribution in [0.3, 0.4) is 0 Å². The van der Waals surface area contributed by atoms with Crippen molar-refractivity contribution >= 4 is 5.82 Å². The van der Waals surface area contributed by atoms with Gasteiger partial charge in [0.15, 0.2) is 0 Å². The van der Waals surface area contributed by atoms with Gasteiger partial charge in [-0.2, -0.15) is 10.2 Å². The number of hydrogen-bond donors (Lipinski definition) is 3. The monoisotopic (exact) mass is 235 g/mol. The van der Waals surface area contributed by atoms with Gasteiger partial charge in [0.05, 0.1) is 18.4 Å². The number of aromatic nitrogens is 4. The molecule has 5 N–H and O–H groups in total. The summed E-state index contributed by atoms with van der Waals surface area (Å²) in [7, 11) is 3.68. The topological polar surface area (TPSA) is 99.7 Å². The lowest BCUT2D eigenvalue weighted by atomic mass is 10.0. The number of aryl methyl sites for hydroxylation is 2. The largest absolute Gasteiger partial charge is 0.384 e. The van der Waals surface area contributed by atoms with Gasteiger partial charge >= 0.3 is 0 Å². The van der Waals surface area contributed by atoms with Crippen LogP contribution in [0.4, 0.5) is 5.82 Å². The first kappa shape index (κ1) is 11.6. The Balaban J connectivity index is 2.19. The standard InChI is InChI=1S/C10H17N7/c1-16-6-7(4-13-16)3-9(15-12)8-5-14-17(2)10(8)11/h4-6,9,15H,3,11-12H2,1-2H3. The average molecular weight is 235 g/mol. The number of rotatable bonds is 4. The van der Waals surface area contributed by atoms with Crippen molar-refractivity contribution in [2.45, 2.75) is 12.5 Å². The molecule has 0 saturated heterocycles. The average Bonchev–Trinajstić information content (AvgIpc) is 2.85. The second-order valence-electron chi connectivity index (χ2n) is 4.05. The van der Waals surface area contributed by atoms with Gasteiger partial charge in [0.2, 0.25) is 0 Å². The van der Waals surface area contributed by atoms with E-state index in [1.165, 1.54) is 0 Å². The zero-order valence-corrected chi connectivity index (χ0v) is 9.96. The van der Waals surface area contributed by atoms with Crippen molar-refractivity contribution in [3.8, 4) is 0 Å². The number of anilines is 1.